The smallest absolute Gasteiger partial charge is 0.188 e. The first kappa shape index (κ1) is 25.8. The third-order valence-electron chi connectivity index (χ3n) is 5.40. The molecule has 0 aliphatic heterocycles. The first-order valence-electron chi connectivity index (χ1n) is 11.0. The van der Waals surface area contributed by atoms with Crippen molar-refractivity contribution in [3.05, 3.63) is 59.7 Å². The van der Waals surface area contributed by atoms with Crippen molar-refractivity contribution in [2.45, 2.75) is 25.7 Å². The van der Waals surface area contributed by atoms with Gasteiger partial charge in [0.1, 0.15) is 23.0 Å². The standard InChI is InChI=1S/C15H18O5.C11H11NO3/c1-17-9-19-13-5-6-14(11-3-4-12(16)7-11)15(8-13)20-10-18-2;13-9-3-4-10(11(14)6-9)7-1-2-8(5-7)12-15/h5-8H,3-4,9-10H2,1-2H3;3-6,13-15H,1-2H2. The van der Waals surface area contributed by atoms with Gasteiger partial charge >= 0.3 is 0 Å². The summed E-state index contributed by atoms with van der Waals surface area (Å²) in [6, 6.07) is 9.96. The zero-order chi connectivity index (χ0) is 25.2. The van der Waals surface area contributed by atoms with Crippen molar-refractivity contribution in [2.75, 3.05) is 27.8 Å². The van der Waals surface area contributed by atoms with E-state index in [9.17, 15) is 9.90 Å². The first-order valence-corrected chi connectivity index (χ1v) is 11.0. The Bertz CT molecular complexity index is 1140. The lowest BCUT2D eigenvalue weighted by atomic mass is 10.0. The van der Waals surface area contributed by atoms with Gasteiger partial charge in [0.2, 0.25) is 0 Å². The topological polar surface area (TPSA) is 127 Å². The molecule has 0 aromatic heterocycles. The van der Waals surface area contributed by atoms with Crippen LogP contribution < -0.4 is 9.47 Å². The van der Waals surface area contributed by atoms with E-state index in [0.717, 1.165) is 29.6 Å². The summed E-state index contributed by atoms with van der Waals surface area (Å²) in [5, 5.41) is 30.4. The van der Waals surface area contributed by atoms with E-state index in [0.29, 0.717) is 35.6 Å². The molecule has 0 heterocycles. The Morgan fingerprint density at radius 1 is 0.829 bits per heavy atom. The summed E-state index contributed by atoms with van der Waals surface area (Å²) in [5.41, 5.74) is 4.08. The predicted octanol–water partition coefficient (Wildman–Crippen LogP) is 4.50. The minimum atomic E-state index is 0.0332. The molecule has 0 saturated carbocycles. The maximum Gasteiger partial charge on any atom is 0.188 e. The summed E-state index contributed by atoms with van der Waals surface area (Å²) in [6.45, 7) is 0.312. The fourth-order valence-corrected chi connectivity index (χ4v) is 3.73. The average molecular weight is 484 g/mol. The van der Waals surface area contributed by atoms with Gasteiger partial charge in [0, 0.05) is 43.9 Å². The number of phenolic OH excluding ortho intramolecular Hbond substituents is 2. The van der Waals surface area contributed by atoms with Crippen molar-refractivity contribution in [2.24, 2.45) is 5.16 Å². The van der Waals surface area contributed by atoms with Gasteiger partial charge in [-0.3, -0.25) is 4.79 Å². The number of methoxy groups -OCH3 is 2. The fourth-order valence-electron chi connectivity index (χ4n) is 3.73. The molecule has 4 rings (SSSR count). The van der Waals surface area contributed by atoms with Crippen molar-refractivity contribution in [1.29, 1.82) is 0 Å². The van der Waals surface area contributed by atoms with Crippen LogP contribution in [0.5, 0.6) is 23.0 Å². The lowest BCUT2D eigenvalue weighted by Gasteiger charge is -2.13. The number of allylic oxidation sites excluding steroid dienone is 4. The van der Waals surface area contributed by atoms with E-state index in [2.05, 4.69) is 5.16 Å². The summed E-state index contributed by atoms with van der Waals surface area (Å²) >= 11 is 0. The number of carbonyl (C=O) groups is 1. The summed E-state index contributed by atoms with van der Waals surface area (Å²) in [4.78, 5) is 11.4. The largest absolute Gasteiger partial charge is 0.508 e. The maximum absolute atomic E-state index is 11.4. The van der Waals surface area contributed by atoms with Gasteiger partial charge < -0.3 is 34.4 Å². The second-order valence-corrected chi connectivity index (χ2v) is 7.86. The number of hydrogen-bond acceptors (Lipinski definition) is 9. The van der Waals surface area contributed by atoms with Crippen LogP contribution in [0.1, 0.15) is 36.8 Å². The van der Waals surface area contributed by atoms with Crippen LogP contribution in [-0.2, 0) is 14.3 Å². The average Bonchev–Trinajstić information content (AvgIpc) is 3.51. The van der Waals surface area contributed by atoms with Gasteiger partial charge in [0.25, 0.3) is 0 Å². The monoisotopic (exact) mass is 483 g/mol. The molecule has 2 aliphatic carbocycles. The molecule has 2 aromatic carbocycles. The van der Waals surface area contributed by atoms with Crippen molar-refractivity contribution >= 4 is 22.6 Å². The zero-order valence-electron chi connectivity index (χ0n) is 19.7. The minimum Gasteiger partial charge on any atom is -0.508 e. The van der Waals surface area contributed by atoms with Crippen LogP contribution in [-0.4, -0.2) is 54.7 Å². The molecule has 2 aromatic rings. The Kier molecular flexibility index (Phi) is 9.28. The number of oxime groups is 1. The molecule has 9 nitrogen and oxygen atoms in total. The molecule has 0 spiro atoms. The van der Waals surface area contributed by atoms with E-state index < -0.39 is 0 Å². The van der Waals surface area contributed by atoms with Gasteiger partial charge in [0.15, 0.2) is 19.4 Å². The number of carbonyl (C=O) groups excluding carboxylic acids is 1. The van der Waals surface area contributed by atoms with Crippen molar-refractivity contribution in [3.8, 4) is 23.0 Å². The van der Waals surface area contributed by atoms with Gasteiger partial charge in [-0.2, -0.15) is 0 Å². The highest BCUT2D eigenvalue weighted by Crippen LogP contribution is 2.36. The Balaban J connectivity index is 0.000000203. The maximum atomic E-state index is 11.4. The first-order chi connectivity index (χ1) is 16.9. The van der Waals surface area contributed by atoms with Gasteiger partial charge in [-0.1, -0.05) is 5.16 Å². The van der Waals surface area contributed by atoms with Crippen molar-refractivity contribution in [1.82, 2.24) is 0 Å². The van der Waals surface area contributed by atoms with E-state index in [4.69, 9.17) is 29.3 Å². The van der Waals surface area contributed by atoms with Crippen LogP contribution in [0.2, 0.25) is 0 Å². The third-order valence-corrected chi connectivity index (χ3v) is 5.40. The Morgan fingerprint density at radius 2 is 1.51 bits per heavy atom. The molecule has 2 aliphatic rings. The lowest BCUT2D eigenvalue weighted by Crippen LogP contribution is -2.03. The van der Waals surface area contributed by atoms with Gasteiger partial charge in [0.05, 0.1) is 5.71 Å². The highest BCUT2D eigenvalue weighted by molar-refractivity contribution is 6.05. The zero-order valence-corrected chi connectivity index (χ0v) is 19.7. The van der Waals surface area contributed by atoms with Gasteiger partial charge in [-0.05, 0) is 66.8 Å². The molecule has 186 valence electrons. The van der Waals surface area contributed by atoms with Crippen LogP contribution >= 0.6 is 0 Å². The van der Waals surface area contributed by atoms with Gasteiger partial charge in [-0.25, -0.2) is 0 Å². The number of benzene rings is 2. The van der Waals surface area contributed by atoms with Crippen LogP contribution in [0, 0.1) is 0 Å². The van der Waals surface area contributed by atoms with Gasteiger partial charge in [-0.15, -0.1) is 0 Å². The SMILES string of the molecule is COCOc1ccc(C2=CC(=O)CC2)c(OCOC)c1.ON=C1C=C(c2ccc(O)cc2O)CC1. The highest BCUT2D eigenvalue weighted by Gasteiger charge is 2.18. The Labute approximate surface area is 203 Å². The minimum absolute atomic E-state index is 0.0332. The summed E-state index contributed by atoms with van der Waals surface area (Å²) in [7, 11) is 3.12. The van der Waals surface area contributed by atoms with Crippen molar-refractivity contribution < 1.29 is 39.2 Å². The molecular weight excluding hydrogens is 454 g/mol. The summed E-state index contributed by atoms with van der Waals surface area (Å²) in [5.74, 6) is 1.51. The van der Waals surface area contributed by atoms with E-state index in [1.54, 1.807) is 38.5 Å². The Morgan fingerprint density at radius 3 is 2.14 bits per heavy atom. The number of hydrogen-bond donors (Lipinski definition) is 3. The fraction of sp³-hybridized carbons (Fsp3) is 0.308. The molecule has 0 bridgehead atoms. The third kappa shape index (κ3) is 7.08. The molecule has 9 heteroatoms. The molecule has 0 atom stereocenters. The Hall–Kier alpha value is -3.82. The predicted molar refractivity (Wildman–Crippen MR) is 130 cm³/mol. The van der Waals surface area contributed by atoms with Crippen molar-refractivity contribution in [3.63, 3.8) is 0 Å². The molecule has 0 radical (unpaired) electrons. The summed E-state index contributed by atoms with van der Waals surface area (Å²) in [6.07, 6.45) is 6.11. The van der Waals surface area contributed by atoms with Crippen LogP contribution in [0.15, 0.2) is 53.7 Å². The highest BCUT2D eigenvalue weighted by atomic mass is 16.7. The molecule has 0 fully saturated rings. The lowest BCUT2D eigenvalue weighted by molar-refractivity contribution is -0.114. The number of rotatable bonds is 8. The normalized spacial score (nSPS) is 15.9. The number of phenols is 2. The van der Waals surface area contributed by atoms with Crippen LogP contribution in [0.3, 0.4) is 0 Å². The summed E-state index contributed by atoms with van der Waals surface area (Å²) < 4.78 is 20.7. The van der Waals surface area contributed by atoms with E-state index in [-0.39, 0.29) is 30.9 Å². The number of ketones is 1. The number of nitrogens with zero attached hydrogens (tertiary/aromatic N) is 1. The van der Waals surface area contributed by atoms with E-state index >= 15 is 0 Å². The second kappa shape index (κ2) is 12.6. The number of aromatic hydroxyl groups is 2. The second-order valence-electron chi connectivity index (χ2n) is 7.86. The molecule has 0 saturated heterocycles. The molecule has 35 heavy (non-hydrogen) atoms. The van der Waals surface area contributed by atoms with E-state index in [1.165, 1.54) is 12.1 Å². The molecule has 0 unspecified atom stereocenters. The molecule has 3 N–H and O–H groups in total. The quantitative estimate of drug-likeness (QED) is 0.284. The van der Waals surface area contributed by atoms with Crippen LogP contribution in [0.25, 0.3) is 11.1 Å². The molecule has 0 amide bonds. The molecular formula is C26H29NO8. The van der Waals surface area contributed by atoms with E-state index in [1.807, 2.05) is 12.1 Å². The van der Waals surface area contributed by atoms with Crippen LogP contribution in [0.4, 0.5) is 0 Å². The number of ether oxygens (including phenoxy) is 4.